The zero-order valence-corrected chi connectivity index (χ0v) is 14.1. The molecule has 0 saturated carbocycles. The minimum Gasteiger partial charge on any atom is -0.462 e. The maximum Gasteiger partial charge on any atom is 0.302 e. The van der Waals surface area contributed by atoms with Gasteiger partial charge in [0.05, 0.1) is 12.7 Å². The minimum atomic E-state index is -1.62. The lowest BCUT2D eigenvalue weighted by atomic mass is 10.3. The lowest BCUT2D eigenvalue weighted by Crippen LogP contribution is -2.38. The van der Waals surface area contributed by atoms with Crippen LogP contribution in [0.2, 0.25) is 18.1 Å². The maximum atomic E-state index is 10.5. The van der Waals surface area contributed by atoms with E-state index in [0.717, 1.165) is 18.1 Å². The van der Waals surface area contributed by atoms with Gasteiger partial charge in [-0.25, -0.2) is 0 Å². The molecule has 0 radical (unpaired) electrons. The van der Waals surface area contributed by atoms with Crippen LogP contribution in [-0.2, 0) is 14.0 Å². The molecule has 0 rings (SSSR count). The van der Waals surface area contributed by atoms with E-state index in [4.69, 9.17) is 9.16 Å². The van der Waals surface area contributed by atoms with Crippen LogP contribution in [0.5, 0.6) is 0 Å². The van der Waals surface area contributed by atoms with Crippen molar-refractivity contribution in [2.75, 3.05) is 13.2 Å². The summed E-state index contributed by atoms with van der Waals surface area (Å²) in [5.41, 5.74) is 0. The predicted molar refractivity (Wildman–Crippen MR) is 84.1 cm³/mol. The molecule has 20 heavy (non-hydrogen) atoms. The average molecular weight is 300 g/mol. The van der Waals surface area contributed by atoms with Crippen LogP contribution in [0.25, 0.3) is 0 Å². The van der Waals surface area contributed by atoms with Crippen molar-refractivity contribution in [3.63, 3.8) is 0 Å². The second kappa shape index (κ2) is 10.8. The Hall–Kier alpha value is -0.913. The highest BCUT2D eigenvalue weighted by atomic mass is 28.4. The van der Waals surface area contributed by atoms with Crippen LogP contribution >= 0.6 is 0 Å². The van der Waals surface area contributed by atoms with Gasteiger partial charge < -0.3 is 14.3 Å². The Balaban J connectivity index is 4.03. The third kappa shape index (κ3) is 8.30. The summed E-state index contributed by atoms with van der Waals surface area (Å²) in [5.74, 6) is -0.299. The summed E-state index contributed by atoms with van der Waals surface area (Å²) >= 11 is 0. The number of rotatable bonds is 10. The van der Waals surface area contributed by atoms with E-state index >= 15 is 0 Å². The van der Waals surface area contributed by atoms with Crippen LogP contribution < -0.4 is 0 Å². The summed E-state index contributed by atoms with van der Waals surface area (Å²) < 4.78 is 10.7. The van der Waals surface area contributed by atoms with Gasteiger partial charge in [-0.2, -0.15) is 0 Å². The molecule has 4 nitrogen and oxygen atoms in total. The van der Waals surface area contributed by atoms with E-state index in [1.165, 1.54) is 6.92 Å². The molecule has 0 aromatic carbocycles. The molecule has 0 fully saturated rings. The molecular weight excluding hydrogens is 272 g/mol. The molecule has 116 valence electrons. The molecule has 1 N–H and O–H groups in total. The van der Waals surface area contributed by atoms with E-state index in [1.54, 1.807) is 24.3 Å². The summed E-state index contributed by atoms with van der Waals surface area (Å²) in [7, 11) is -1.62. The molecule has 5 heteroatoms. The Morgan fingerprint density at radius 1 is 1.20 bits per heavy atom. The standard InChI is InChI=1S/C15H28O4Si/c1-5-20(6-2,7-3)19-13-15(17)11-9-8-10-12-18-14(4)16/h8-11,15,17H,5-7,12-13H2,1-4H3/b10-8+,11-9+. The van der Waals surface area contributed by atoms with Gasteiger partial charge in [-0.3, -0.25) is 4.79 Å². The Morgan fingerprint density at radius 2 is 1.80 bits per heavy atom. The Labute approximate surface area is 123 Å². The smallest absolute Gasteiger partial charge is 0.302 e. The molecule has 0 aliphatic rings. The third-order valence-electron chi connectivity index (χ3n) is 3.46. The molecule has 0 aliphatic heterocycles. The van der Waals surface area contributed by atoms with Crippen LogP contribution in [-0.4, -0.2) is 38.7 Å². The van der Waals surface area contributed by atoms with E-state index in [2.05, 4.69) is 20.8 Å². The first-order valence-corrected chi connectivity index (χ1v) is 9.81. The predicted octanol–water partition coefficient (Wildman–Crippen LogP) is 3.04. The number of allylic oxidation sites excluding steroid dienone is 2. The van der Waals surface area contributed by atoms with E-state index in [9.17, 15) is 9.90 Å². The van der Waals surface area contributed by atoms with Gasteiger partial charge in [0.1, 0.15) is 6.61 Å². The summed E-state index contributed by atoms with van der Waals surface area (Å²) in [5, 5.41) is 9.83. The number of hydrogen-bond donors (Lipinski definition) is 1. The molecule has 0 aliphatic carbocycles. The van der Waals surface area contributed by atoms with Crippen molar-refractivity contribution in [2.45, 2.75) is 51.9 Å². The van der Waals surface area contributed by atoms with Crippen molar-refractivity contribution < 1.29 is 19.1 Å². The second-order valence-corrected chi connectivity index (χ2v) is 9.51. The zero-order chi connectivity index (χ0) is 15.4. The quantitative estimate of drug-likeness (QED) is 0.383. The van der Waals surface area contributed by atoms with Gasteiger partial charge in [-0.15, -0.1) is 0 Å². The van der Waals surface area contributed by atoms with Gasteiger partial charge in [-0.05, 0) is 24.2 Å². The Bertz CT molecular complexity index is 314. The Kier molecular flexibility index (Phi) is 10.3. The van der Waals surface area contributed by atoms with Gasteiger partial charge in [-0.1, -0.05) is 39.0 Å². The maximum absolute atomic E-state index is 10.5. The highest BCUT2D eigenvalue weighted by Gasteiger charge is 2.28. The minimum absolute atomic E-state index is 0.254. The number of aliphatic hydroxyl groups excluding tert-OH is 1. The summed E-state index contributed by atoms with van der Waals surface area (Å²) in [6, 6.07) is 3.25. The fraction of sp³-hybridized carbons (Fsp3) is 0.667. The molecule has 0 aromatic heterocycles. The highest BCUT2D eigenvalue weighted by molar-refractivity contribution is 6.73. The Morgan fingerprint density at radius 3 is 2.30 bits per heavy atom. The van der Waals surface area contributed by atoms with Crippen molar-refractivity contribution in [3.8, 4) is 0 Å². The van der Waals surface area contributed by atoms with Gasteiger partial charge in [0.2, 0.25) is 0 Å². The fourth-order valence-electron chi connectivity index (χ4n) is 1.87. The summed E-state index contributed by atoms with van der Waals surface area (Å²) in [6.07, 6.45) is 6.30. The average Bonchev–Trinajstić information content (AvgIpc) is 2.44. The topological polar surface area (TPSA) is 55.8 Å². The molecule has 0 bridgehead atoms. The third-order valence-corrected chi connectivity index (χ3v) is 8.10. The van der Waals surface area contributed by atoms with Gasteiger partial charge in [0, 0.05) is 6.92 Å². The van der Waals surface area contributed by atoms with Gasteiger partial charge >= 0.3 is 5.97 Å². The second-order valence-electron chi connectivity index (χ2n) is 4.74. The number of carbonyl (C=O) groups excluding carboxylic acids is 1. The normalized spacial score (nSPS) is 14.1. The lowest BCUT2D eigenvalue weighted by molar-refractivity contribution is -0.139. The molecule has 0 spiro atoms. The van der Waals surface area contributed by atoms with E-state index in [-0.39, 0.29) is 12.6 Å². The van der Waals surface area contributed by atoms with Crippen molar-refractivity contribution in [1.82, 2.24) is 0 Å². The fourth-order valence-corrected chi connectivity index (χ4v) is 4.50. The number of hydrogen-bond acceptors (Lipinski definition) is 4. The SMILES string of the molecule is CC[Si](CC)(CC)OCC(O)/C=C/C=C/COC(C)=O. The van der Waals surface area contributed by atoms with Crippen molar-refractivity contribution in [1.29, 1.82) is 0 Å². The van der Waals surface area contributed by atoms with Gasteiger partial charge in [0.15, 0.2) is 8.32 Å². The van der Waals surface area contributed by atoms with Crippen LogP contribution in [0, 0.1) is 0 Å². The molecule has 0 aromatic rings. The highest BCUT2D eigenvalue weighted by Crippen LogP contribution is 2.21. The lowest BCUT2D eigenvalue weighted by Gasteiger charge is -2.28. The van der Waals surface area contributed by atoms with Crippen molar-refractivity contribution >= 4 is 14.3 Å². The number of ether oxygens (including phenoxy) is 1. The first-order chi connectivity index (χ1) is 9.49. The number of aliphatic hydroxyl groups is 1. The molecule has 0 saturated heterocycles. The molecule has 0 heterocycles. The van der Waals surface area contributed by atoms with Gasteiger partial charge in [0.25, 0.3) is 0 Å². The first kappa shape index (κ1) is 19.1. The molecular formula is C15H28O4Si. The molecule has 0 amide bonds. The van der Waals surface area contributed by atoms with E-state index in [1.807, 2.05) is 0 Å². The number of carbonyl (C=O) groups is 1. The first-order valence-electron chi connectivity index (χ1n) is 7.28. The monoisotopic (exact) mass is 300 g/mol. The van der Waals surface area contributed by atoms with Crippen molar-refractivity contribution in [3.05, 3.63) is 24.3 Å². The van der Waals surface area contributed by atoms with Crippen LogP contribution in [0.1, 0.15) is 27.7 Å². The summed E-state index contributed by atoms with van der Waals surface area (Å²) in [6.45, 7) is 8.48. The van der Waals surface area contributed by atoms with E-state index < -0.39 is 14.4 Å². The zero-order valence-electron chi connectivity index (χ0n) is 13.1. The molecule has 1 unspecified atom stereocenters. The number of esters is 1. The van der Waals surface area contributed by atoms with Crippen LogP contribution in [0.4, 0.5) is 0 Å². The van der Waals surface area contributed by atoms with Crippen molar-refractivity contribution in [2.24, 2.45) is 0 Å². The van der Waals surface area contributed by atoms with Crippen LogP contribution in [0.15, 0.2) is 24.3 Å². The van der Waals surface area contributed by atoms with E-state index in [0.29, 0.717) is 6.61 Å². The molecule has 1 atom stereocenters. The summed E-state index contributed by atoms with van der Waals surface area (Å²) in [4.78, 5) is 10.5. The largest absolute Gasteiger partial charge is 0.462 e. The van der Waals surface area contributed by atoms with Crippen LogP contribution in [0.3, 0.4) is 0 Å².